The summed E-state index contributed by atoms with van der Waals surface area (Å²) >= 11 is 1.33. The number of hydrogen-bond donors (Lipinski definition) is 3. The van der Waals surface area contributed by atoms with Crippen LogP contribution in [0.3, 0.4) is 0 Å². The molecule has 0 saturated carbocycles. The van der Waals surface area contributed by atoms with E-state index < -0.39 is 11.9 Å². The average Bonchev–Trinajstić information content (AvgIpc) is 3.05. The molecule has 0 aliphatic carbocycles. The molecule has 3 N–H and O–H groups in total. The minimum Gasteiger partial charge on any atom is -0.478 e. The summed E-state index contributed by atoms with van der Waals surface area (Å²) in [6, 6.07) is 9.46. The van der Waals surface area contributed by atoms with Crippen molar-refractivity contribution in [1.82, 2.24) is 10.6 Å². The second-order valence-corrected chi connectivity index (χ2v) is 5.29. The Balaban J connectivity index is 1.84. The lowest BCUT2D eigenvalue weighted by atomic mass is 10.1. The molecule has 6 nitrogen and oxygen atoms in total. The highest BCUT2D eigenvalue weighted by Crippen LogP contribution is 2.09. The summed E-state index contributed by atoms with van der Waals surface area (Å²) < 4.78 is 0. The molecule has 0 spiro atoms. The molecule has 0 radical (unpaired) electrons. The monoisotopic (exact) mass is 318 g/mol. The zero-order valence-electron chi connectivity index (χ0n) is 11.5. The lowest BCUT2D eigenvalue weighted by Crippen LogP contribution is -2.35. The van der Waals surface area contributed by atoms with Gasteiger partial charge in [-0.15, -0.1) is 11.3 Å². The summed E-state index contributed by atoms with van der Waals surface area (Å²) in [7, 11) is 0. The van der Waals surface area contributed by atoms with Crippen molar-refractivity contribution in [2.24, 2.45) is 0 Å². The summed E-state index contributed by atoms with van der Waals surface area (Å²) in [5, 5.41) is 16.1. The topological polar surface area (TPSA) is 95.5 Å². The zero-order chi connectivity index (χ0) is 15.9. The van der Waals surface area contributed by atoms with Crippen molar-refractivity contribution < 1.29 is 19.5 Å². The maximum Gasteiger partial charge on any atom is 0.336 e. The predicted molar refractivity (Wildman–Crippen MR) is 82.4 cm³/mol. The third-order valence-corrected chi connectivity index (χ3v) is 3.71. The molecule has 0 saturated heterocycles. The van der Waals surface area contributed by atoms with Crippen molar-refractivity contribution in [2.75, 3.05) is 13.1 Å². The molecule has 0 aliphatic rings. The van der Waals surface area contributed by atoms with Crippen LogP contribution < -0.4 is 10.6 Å². The van der Waals surface area contributed by atoms with Crippen LogP contribution in [0.5, 0.6) is 0 Å². The van der Waals surface area contributed by atoms with Crippen LogP contribution in [0.4, 0.5) is 0 Å². The van der Waals surface area contributed by atoms with Crippen molar-refractivity contribution in [3.05, 3.63) is 57.8 Å². The third kappa shape index (κ3) is 3.92. The normalized spacial score (nSPS) is 10.0. The van der Waals surface area contributed by atoms with Crippen molar-refractivity contribution in [1.29, 1.82) is 0 Å². The van der Waals surface area contributed by atoms with E-state index >= 15 is 0 Å². The van der Waals surface area contributed by atoms with Gasteiger partial charge >= 0.3 is 5.97 Å². The number of rotatable bonds is 6. The van der Waals surface area contributed by atoms with E-state index in [-0.39, 0.29) is 30.1 Å². The Morgan fingerprint density at radius 1 is 0.909 bits per heavy atom. The van der Waals surface area contributed by atoms with Gasteiger partial charge in [0.1, 0.15) is 0 Å². The van der Waals surface area contributed by atoms with Gasteiger partial charge in [-0.1, -0.05) is 18.2 Å². The zero-order valence-corrected chi connectivity index (χ0v) is 12.4. The molecule has 114 valence electrons. The molecular weight excluding hydrogens is 304 g/mol. The van der Waals surface area contributed by atoms with Crippen LogP contribution in [0.25, 0.3) is 0 Å². The lowest BCUT2D eigenvalue weighted by molar-refractivity contribution is 0.0691. The van der Waals surface area contributed by atoms with Gasteiger partial charge in [-0.3, -0.25) is 9.59 Å². The van der Waals surface area contributed by atoms with Gasteiger partial charge in [0.2, 0.25) is 0 Å². The van der Waals surface area contributed by atoms with Crippen LogP contribution in [-0.2, 0) is 0 Å². The van der Waals surface area contributed by atoms with Gasteiger partial charge in [0, 0.05) is 13.1 Å². The Morgan fingerprint density at radius 3 is 2.14 bits per heavy atom. The molecule has 0 aliphatic heterocycles. The standard InChI is InChI=1S/C15H14N2O4S/c18-13(10-4-1-2-5-11(10)15(20)21)16-7-8-17-14(19)12-6-3-9-22-12/h1-6,9H,7-8H2,(H,16,18)(H,17,19)(H,20,21). The number of nitrogens with one attached hydrogen (secondary N) is 2. The maximum absolute atomic E-state index is 12.0. The maximum atomic E-state index is 12.0. The molecule has 22 heavy (non-hydrogen) atoms. The fraction of sp³-hybridized carbons (Fsp3) is 0.133. The van der Waals surface area contributed by atoms with E-state index in [1.54, 1.807) is 29.6 Å². The number of thiophene rings is 1. The van der Waals surface area contributed by atoms with Gasteiger partial charge in [-0.2, -0.15) is 0 Å². The number of carboxylic acid groups (broad SMARTS) is 1. The minimum absolute atomic E-state index is 0.0531. The summed E-state index contributed by atoms with van der Waals surface area (Å²) in [5.74, 6) is -1.84. The molecule has 1 aromatic carbocycles. The summed E-state index contributed by atoms with van der Waals surface area (Å²) in [4.78, 5) is 35.3. The molecule has 0 atom stereocenters. The van der Waals surface area contributed by atoms with Crippen molar-refractivity contribution in [2.45, 2.75) is 0 Å². The SMILES string of the molecule is O=C(NCCNC(=O)c1ccccc1C(=O)O)c1cccs1. The third-order valence-electron chi connectivity index (χ3n) is 2.84. The Hall–Kier alpha value is -2.67. The first-order chi connectivity index (χ1) is 10.6. The number of benzene rings is 1. The highest BCUT2D eigenvalue weighted by molar-refractivity contribution is 7.12. The van der Waals surface area contributed by atoms with Crippen molar-refractivity contribution in [3.8, 4) is 0 Å². The largest absolute Gasteiger partial charge is 0.478 e. The molecule has 0 fully saturated rings. The fourth-order valence-corrected chi connectivity index (χ4v) is 2.45. The van der Waals surface area contributed by atoms with E-state index in [9.17, 15) is 14.4 Å². The molecule has 7 heteroatoms. The number of carboxylic acids is 1. The number of carbonyl (C=O) groups excluding carboxylic acids is 2. The Kier molecular flexibility index (Phi) is 5.26. The molecule has 2 aromatic rings. The first kappa shape index (κ1) is 15.7. The lowest BCUT2D eigenvalue weighted by Gasteiger charge is -2.08. The molecule has 0 unspecified atom stereocenters. The number of aromatic carboxylic acids is 1. The summed E-state index contributed by atoms with van der Waals surface area (Å²) in [6.45, 7) is 0.474. The average molecular weight is 318 g/mol. The van der Waals surface area contributed by atoms with E-state index in [1.165, 1.54) is 23.5 Å². The number of hydrogen-bond acceptors (Lipinski definition) is 4. The van der Waals surface area contributed by atoms with E-state index in [4.69, 9.17) is 5.11 Å². The van der Waals surface area contributed by atoms with E-state index in [1.807, 2.05) is 0 Å². The minimum atomic E-state index is -1.16. The second-order valence-electron chi connectivity index (χ2n) is 4.34. The molecular formula is C15H14N2O4S. The predicted octanol–water partition coefficient (Wildman–Crippen LogP) is 1.61. The fourth-order valence-electron chi connectivity index (χ4n) is 1.81. The highest BCUT2D eigenvalue weighted by Gasteiger charge is 2.15. The first-order valence-electron chi connectivity index (χ1n) is 6.52. The van der Waals surface area contributed by atoms with Gasteiger partial charge in [0.05, 0.1) is 16.0 Å². The quantitative estimate of drug-likeness (QED) is 0.705. The van der Waals surface area contributed by atoms with E-state index in [0.29, 0.717) is 4.88 Å². The van der Waals surface area contributed by atoms with Gasteiger partial charge in [0.15, 0.2) is 0 Å². The molecule has 0 bridgehead atoms. The van der Waals surface area contributed by atoms with Crippen LogP contribution in [0, 0.1) is 0 Å². The van der Waals surface area contributed by atoms with Gasteiger partial charge in [-0.25, -0.2) is 4.79 Å². The van der Waals surface area contributed by atoms with Gasteiger partial charge in [-0.05, 0) is 23.6 Å². The first-order valence-corrected chi connectivity index (χ1v) is 7.40. The van der Waals surface area contributed by atoms with Crippen molar-refractivity contribution >= 4 is 29.1 Å². The van der Waals surface area contributed by atoms with Gasteiger partial charge in [0.25, 0.3) is 11.8 Å². The van der Waals surface area contributed by atoms with Crippen LogP contribution in [0.1, 0.15) is 30.4 Å². The molecule has 2 amide bonds. The van der Waals surface area contributed by atoms with Crippen LogP contribution >= 0.6 is 11.3 Å². The van der Waals surface area contributed by atoms with Crippen LogP contribution in [0.15, 0.2) is 41.8 Å². The number of amides is 2. The molecule has 1 heterocycles. The van der Waals surface area contributed by atoms with E-state index in [2.05, 4.69) is 10.6 Å². The molecule has 2 rings (SSSR count). The smallest absolute Gasteiger partial charge is 0.336 e. The summed E-state index contributed by atoms with van der Waals surface area (Å²) in [5.41, 5.74) is 0.0437. The Morgan fingerprint density at radius 2 is 1.55 bits per heavy atom. The summed E-state index contributed by atoms with van der Waals surface area (Å²) in [6.07, 6.45) is 0. The Bertz CT molecular complexity index is 683. The number of carbonyl (C=O) groups is 3. The Labute approximate surface area is 130 Å². The van der Waals surface area contributed by atoms with Gasteiger partial charge < -0.3 is 15.7 Å². The second kappa shape index (κ2) is 7.37. The van der Waals surface area contributed by atoms with E-state index in [0.717, 1.165) is 0 Å². The van der Waals surface area contributed by atoms with Crippen molar-refractivity contribution in [3.63, 3.8) is 0 Å². The molecule has 1 aromatic heterocycles. The van der Waals surface area contributed by atoms with Crippen LogP contribution in [0.2, 0.25) is 0 Å². The highest BCUT2D eigenvalue weighted by atomic mass is 32.1. The van der Waals surface area contributed by atoms with Crippen LogP contribution in [-0.4, -0.2) is 36.0 Å².